The third-order valence-corrected chi connectivity index (χ3v) is 3.54. The number of rotatable bonds is 4. The summed E-state index contributed by atoms with van der Waals surface area (Å²) in [5.74, 6) is 0.681. The molecule has 0 aliphatic heterocycles. The Kier molecular flexibility index (Phi) is 4.55. The minimum atomic E-state index is -3.12. The van der Waals surface area contributed by atoms with Crippen molar-refractivity contribution in [2.45, 2.75) is 25.3 Å². The molecule has 1 aliphatic carbocycles. The number of hydrogen-bond acceptors (Lipinski definition) is 3. The molecule has 0 aromatic rings. The maximum Gasteiger partial charge on any atom is 0.208 e. The smallest absolute Gasteiger partial charge is 0.208 e. The van der Waals surface area contributed by atoms with E-state index in [-0.39, 0.29) is 12.0 Å². The van der Waals surface area contributed by atoms with E-state index in [4.69, 9.17) is 5.73 Å². The maximum atomic E-state index is 11.1. The van der Waals surface area contributed by atoms with Crippen molar-refractivity contribution in [2.24, 2.45) is 16.6 Å². The minimum absolute atomic E-state index is 0.0205. The molecule has 7 heteroatoms. The molecule has 2 unspecified atom stereocenters. The second-order valence-corrected chi connectivity index (χ2v) is 5.96. The van der Waals surface area contributed by atoms with E-state index in [1.54, 1.807) is 7.05 Å². The third kappa shape index (κ3) is 4.36. The summed E-state index contributed by atoms with van der Waals surface area (Å²) in [6, 6.07) is 0.0205. The molecule has 1 rings (SSSR count). The van der Waals surface area contributed by atoms with Crippen LogP contribution < -0.4 is 15.8 Å². The highest BCUT2D eigenvalue weighted by Gasteiger charge is 2.29. The van der Waals surface area contributed by atoms with Crippen LogP contribution in [0.15, 0.2) is 4.99 Å². The zero-order valence-corrected chi connectivity index (χ0v) is 10.5. The predicted molar refractivity (Wildman–Crippen MR) is 64.7 cm³/mol. The first-order valence-electron chi connectivity index (χ1n) is 5.36. The van der Waals surface area contributed by atoms with Crippen molar-refractivity contribution >= 4 is 16.0 Å². The lowest BCUT2D eigenvalue weighted by Crippen LogP contribution is -2.43. The Morgan fingerprint density at radius 2 is 2.19 bits per heavy atom. The molecule has 2 atom stereocenters. The Morgan fingerprint density at radius 1 is 1.50 bits per heavy atom. The number of hydrogen-bond donors (Lipinski definition) is 3. The van der Waals surface area contributed by atoms with Gasteiger partial charge >= 0.3 is 0 Å². The first kappa shape index (κ1) is 13.2. The molecular weight excluding hydrogens is 228 g/mol. The molecule has 0 saturated heterocycles. The monoisotopic (exact) mass is 248 g/mol. The van der Waals surface area contributed by atoms with Crippen LogP contribution in [0.3, 0.4) is 0 Å². The van der Waals surface area contributed by atoms with Crippen LogP contribution in [0.4, 0.5) is 0 Å². The van der Waals surface area contributed by atoms with E-state index in [9.17, 15) is 8.42 Å². The van der Waals surface area contributed by atoms with E-state index in [0.717, 1.165) is 19.3 Å². The number of guanidine groups is 1. The largest absolute Gasteiger partial charge is 0.370 e. The van der Waals surface area contributed by atoms with Crippen molar-refractivity contribution in [3.8, 4) is 0 Å². The van der Waals surface area contributed by atoms with Crippen LogP contribution in [-0.4, -0.2) is 40.3 Å². The summed E-state index contributed by atoms with van der Waals surface area (Å²) in [4.78, 5) is 3.79. The van der Waals surface area contributed by atoms with Crippen molar-refractivity contribution in [3.63, 3.8) is 0 Å². The molecule has 0 heterocycles. The van der Waals surface area contributed by atoms with Gasteiger partial charge in [-0.3, -0.25) is 4.99 Å². The summed E-state index contributed by atoms with van der Waals surface area (Å²) < 4.78 is 25.0. The van der Waals surface area contributed by atoms with Crippen molar-refractivity contribution in [1.29, 1.82) is 0 Å². The summed E-state index contributed by atoms with van der Waals surface area (Å²) in [5.41, 5.74) is 5.52. The number of nitrogens with zero attached hydrogens (tertiary/aromatic N) is 1. The van der Waals surface area contributed by atoms with Gasteiger partial charge in [0.25, 0.3) is 0 Å². The average molecular weight is 248 g/mol. The van der Waals surface area contributed by atoms with Crippen molar-refractivity contribution in [3.05, 3.63) is 0 Å². The van der Waals surface area contributed by atoms with Crippen LogP contribution in [0.5, 0.6) is 0 Å². The first-order chi connectivity index (χ1) is 7.42. The van der Waals surface area contributed by atoms with E-state index in [0.29, 0.717) is 12.5 Å². The van der Waals surface area contributed by atoms with Gasteiger partial charge < -0.3 is 11.1 Å². The van der Waals surface area contributed by atoms with Crippen LogP contribution in [0, 0.1) is 5.92 Å². The Balaban J connectivity index is 2.46. The Labute approximate surface area is 96.7 Å². The molecule has 0 spiro atoms. The van der Waals surface area contributed by atoms with Crippen LogP contribution in [0.25, 0.3) is 0 Å². The topological polar surface area (TPSA) is 96.6 Å². The van der Waals surface area contributed by atoms with Crippen molar-refractivity contribution < 1.29 is 8.42 Å². The zero-order valence-electron chi connectivity index (χ0n) is 9.73. The van der Waals surface area contributed by atoms with E-state index in [1.165, 1.54) is 6.26 Å². The average Bonchev–Trinajstić information content (AvgIpc) is 2.59. The fourth-order valence-corrected chi connectivity index (χ4v) is 2.89. The summed E-state index contributed by atoms with van der Waals surface area (Å²) in [5, 5.41) is 2.98. The number of nitrogens with two attached hydrogens (primary N) is 1. The van der Waals surface area contributed by atoms with Gasteiger partial charge in [-0.15, -0.1) is 0 Å². The molecule has 0 bridgehead atoms. The predicted octanol–water partition coefficient (Wildman–Crippen LogP) is -0.762. The van der Waals surface area contributed by atoms with Gasteiger partial charge in [-0.1, -0.05) is 6.42 Å². The number of nitrogens with one attached hydrogen (secondary N) is 2. The second kappa shape index (κ2) is 5.49. The normalized spacial score (nSPS) is 27.0. The van der Waals surface area contributed by atoms with E-state index >= 15 is 0 Å². The van der Waals surface area contributed by atoms with E-state index in [2.05, 4.69) is 15.0 Å². The van der Waals surface area contributed by atoms with E-state index < -0.39 is 10.0 Å². The number of aliphatic imine (C=N–C) groups is 1. The van der Waals surface area contributed by atoms with Crippen LogP contribution in [0.1, 0.15) is 19.3 Å². The second-order valence-electron chi connectivity index (χ2n) is 4.18. The van der Waals surface area contributed by atoms with Crippen molar-refractivity contribution in [2.75, 3.05) is 19.8 Å². The van der Waals surface area contributed by atoms with Gasteiger partial charge in [0.2, 0.25) is 10.0 Å². The molecule has 4 N–H and O–H groups in total. The van der Waals surface area contributed by atoms with Gasteiger partial charge in [0.15, 0.2) is 5.96 Å². The first-order valence-corrected chi connectivity index (χ1v) is 7.25. The van der Waals surface area contributed by atoms with E-state index in [1.807, 2.05) is 0 Å². The summed E-state index contributed by atoms with van der Waals surface area (Å²) >= 11 is 0. The van der Waals surface area contributed by atoms with Crippen LogP contribution >= 0.6 is 0 Å². The molecule has 1 saturated carbocycles. The van der Waals surface area contributed by atoms with Crippen LogP contribution in [-0.2, 0) is 10.0 Å². The highest BCUT2D eigenvalue weighted by molar-refractivity contribution is 7.88. The molecular formula is C9H20N4O2S. The van der Waals surface area contributed by atoms with Gasteiger partial charge in [-0.2, -0.15) is 0 Å². The fourth-order valence-electron chi connectivity index (χ4n) is 2.03. The summed E-state index contributed by atoms with van der Waals surface area (Å²) in [7, 11) is -1.51. The Hall–Kier alpha value is -0.820. The Bertz CT molecular complexity index is 353. The molecule has 1 fully saturated rings. The number of sulfonamides is 1. The lowest BCUT2D eigenvalue weighted by Gasteiger charge is -2.20. The molecule has 1 aliphatic rings. The summed E-state index contributed by atoms with van der Waals surface area (Å²) in [6.07, 6.45) is 4.14. The minimum Gasteiger partial charge on any atom is -0.370 e. The fraction of sp³-hybridized carbons (Fsp3) is 0.889. The molecule has 0 amide bonds. The lowest BCUT2D eigenvalue weighted by molar-refractivity contribution is 0.440. The molecule has 0 aromatic carbocycles. The molecule has 0 aromatic heterocycles. The van der Waals surface area contributed by atoms with Gasteiger partial charge in [0.1, 0.15) is 0 Å². The molecule has 6 nitrogen and oxygen atoms in total. The highest BCUT2D eigenvalue weighted by atomic mass is 32.2. The van der Waals surface area contributed by atoms with Gasteiger partial charge in [0.05, 0.1) is 6.26 Å². The van der Waals surface area contributed by atoms with Crippen LogP contribution in [0.2, 0.25) is 0 Å². The quantitative estimate of drug-likeness (QED) is 0.450. The van der Waals surface area contributed by atoms with Gasteiger partial charge in [0, 0.05) is 19.6 Å². The highest BCUT2D eigenvalue weighted by Crippen LogP contribution is 2.25. The lowest BCUT2D eigenvalue weighted by atomic mass is 10.1. The SMILES string of the molecule is CN=C(N)NCC1CCCC1NS(C)(=O)=O. The van der Waals surface area contributed by atoms with Gasteiger partial charge in [-0.05, 0) is 18.8 Å². The van der Waals surface area contributed by atoms with Crippen molar-refractivity contribution in [1.82, 2.24) is 10.0 Å². The maximum absolute atomic E-state index is 11.1. The molecule has 94 valence electrons. The van der Waals surface area contributed by atoms with Gasteiger partial charge in [-0.25, -0.2) is 13.1 Å². The standard InChI is InChI=1S/C9H20N4O2S/c1-11-9(10)12-6-7-4-3-5-8(7)13-16(2,14)15/h7-8,13H,3-6H2,1-2H3,(H3,10,11,12). The zero-order chi connectivity index (χ0) is 12.2. The summed E-state index contributed by atoms with van der Waals surface area (Å²) in [6.45, 7) is 0.663. The molecule has 0 radical (unpaired) electrons. The third-order valence-electron chi connectivity index (χ3n) is 2.81. The molecule has 16 heavy (non-hydrogen) atoms. The Morgan fingerprint density at radius 3 is 2.75 bits per heavy atom.